The van der Waals surface area contributed by atoms with Crippen molar-refractivity contribution in [3.63, 3.8) is 0 Å². The largest absolute Gasteiger partial charge is 0.493 e. The summed E-state index contributed by atoms with van der Waals surface area (Å²) in [6.45, 7) is 6.33. The summed E-state index contributed by atoms with van der Waals surface area (Å²) >= 11 is 0. The summed E-state index contributed by atoms with van der Waals surface area (Å²) in [5.41, 5.74) is 0.629. The average Bonchev–Trinajstić information content (AvgIpc) is 2.25. The Morgan fingerprint density at radius 2 is 2.06 bits per heavy atom. The molecular weight excluding hydrogens is 207 g/mol. The van der Waals surface area contributed by atoms with Gasteiger partial charge in [0.25, 0.3) is 0 Å². The molecule has 0 fully saturated rings. The summed E-state index contributed by atoms with van der Waals surface area (Å²) in [6, 6.07) is 4.22. The van der Waals surface area contributed by atoms with Crippen LogP contribution in [0.4, 0.5) is 4.39 Å². The molecule has 0 saturated carbocycles. The number of halogens is 1. The zero-order chi connectivity index (χ0) is 12.1. The van der Waals surface area contributed by atoms with Crippen molar-refractivity contribution in [1.82, 2.24) is 0 Å². The lowest BCUT2D eigenvalue weighted by Gasteiger charge is -2.15. The smallest absolute Gasteiger partial charge is 0.128 e. The third-order valence-electron chi connectivity index (χ3n) is 2.65. The lowest BCUT2D eigenvalue weighted by atomic mass is 10.1. The first-order chi connectivity index (χ1) is 7.54. The molecule has 0 aromatic heterocycles. The number of benzene rings is 1. The summed E-state index contributed by atoms with van der Waals surface area (Å²) in [5, 5.41) is 9.52. The number of aliphatic hydroxyl groups is 1. The van der Waals surface area contributed by atoms with E-state index in [-0.39, 0.29) is 5.82 Å². The molecule has 16 heavy (non-hydrogen) atoms. The standard InChI is InChI=1S/C13H19FO2/c1-4-9(2)8-16-13-7-11(14)5-6-12(13)10(3)15/h5-7,9-10,15H,4,8H2,1-3H3/t9?,10-/m1/s1. The van der Waals surface area contributed by atoms with Crippen molar-refractivity contribution in [3.8, 4) is 5.75 Å². The van der Waals surface area contributed by atoms with Crippen molar-refractivity contribution in [2.45, 2.75) is 33.3 Å². The molecule has 0 bridgehead atoms. The minimum absolute atomic E-state index is 0.344. The molecule has 0 aliphatic heterocycles. The minimum atomic E-state index is -0.646. The maximum absolute atomic E-state index is 13.1. The van der Waals surface area contributed by atoms with E-state index in [4.69, 9.17) is 4.74 Å². The van der Waals surface area contributed by atoms with Crippen LogP contribution < -0.4 is 4.74 Å². The number of ether oxygens (including phenoxy) is 1. The van der Waals surface area contributed by atoms with E-state index in [9.17, 15) is 9.50 Å². The zero-order valence-electron chi connectivity index (χ0n) is 10.0. The van der Waals surface area contributed by atoms with Crippen LogP contribution in [0, 0.1) is 11.7 Å². The van der Waals surface area contributed by atoms with Crippen LogP contribution in [-0.2, 0) is 0 Å². The Kier molecular flexibility index (Phi) is 4.74. The van der Waals surface area contributed by atoms with E-state index in [0.29, 0.717) is 23.8 Å². The van der Waals surface area contributed by atoms with Gasteiger partial charge in [0.15, 0.2) is 0 Å². The molecule has 90 valence electrons. The normalized spacial score (nSPS) is 14.6. The molecule has 1 aromatic rings. The van der Waals surface area contributed by atoms with Crippen molar-refractivity contribution < 1.29 is 14.2 Å². The van der Waals surface area contributed by atoms with Gasteiger partial charge >= 0.3 is 0 Å². The Hall–Kier alpha value is -1.09. The molecule has 2 atom stereocenters. The maximum Gasteiger partial charge on any atom is 0.128 e. The fourth-order valence-electron chi connectivity index (χ4n) is 1.33. The maximum atomic E-state index is 13.1. The zero-order valence-corrected chi connectivity index (χ0v) is 10.0. The van der Waals surface area contributed by atoms with Crippen LogP contribution in [0.3, 0.4) is 0 Å². The molecule has 0 radical (unpaired) electrons. The Balaban J connectivity index is 2.80. The van der Waals surface area contributed by atoms with Crippen molar-refractivity contribution in [3.05, 3.63) is 29.6 Å². The molecule has 0 aliphatic carbocycles. The molecule has 0 aliphatic rings. The van der Waals surface area contributed by atoms with E-state index in [1.807, 2.05) is 0 Å². The minimum Gasteiger partial charge on any atom is -0.493 e. The van der Waals surface area contributed by atoms with Crippen LogP contribution in [-0.4, -0.2) is 11.7 Å². The Morgan fingerprint density at radius 3 is 2.62 bits per heavy atom. The Morgan fingerprint density at radius 1 is 1.38 bits per heavy atom. The number of rotatable bonds is 5. The van der Waals surface area contributed by atoms with Crippen molar-refractivity contribution in [1.29, 1.82) is 0 Å². The van der Waals surface area contributed by atoms with Crippen LogP contribution in [0.5, 0.6) is 5.75 Å². The highest BCUT2D eigenvalue weighted by Gasteiger charge is 2.11. The molecule has 0 saturated heterocycles. The van der Waals surface area contributed by atoms with Crippen LogP contribution >= 0.6 is 0 Å². The molecule has 1 unspecified atom stereocenters. The van der Waals surface area contributed by atoms with Crippen molar-refractivity contribution in [2.75, 3.05) is 6.61 Å². The van der Waals surface area contributed by atoms with Gasteiger partial charge in [-0.2, -0.15) is 0 Å². The Bertz CT molecular complexity index is 337. The molecule has 1 rings (SSSR count). The van der Waals surface area contributed by atoms with Crippen molar-refractivity contribution in [2.24, 2.45) is 5.92 Å². The first-order valence-electron chi connectivity index (χ1n) is 5.64. The first kappa shape index (κ1) is 13.0. The fraction of sp³-hybridized carbons (Fsp3) is 0.538. The van der Waals surface area contributed by atoms with Gasteiger partial charge in [-0.05, 0) is 25.0 Å². The van der Waals surface area contributed by atoms with Gasteiger partial charge in [-0.1, -0.05) is 20.3 Å². The van der Waals surface area contributed by atoms with Gasteiger partial charge in [0.1, 0.15) is 11.6 Å². The van der Waals surface area contributed by atoms with Gasteiger partial charge in [0.05, 0.1) is 12.7 Å². The monoisotopic (exact) mass is 226 g/mol. The van der Waals surface area contributed by atoms with E-state index < -0.39 is 6.10 Å². The highest BCUT2D eigenvalue weighted by atomic mass is 19.1. The van der Waals surface area contributed by atoms with E-state index in [1.165, 1.54) is 12.1 Å². The van der Waals surface area contributed by atoms with Gasteiger partial charge < -0.3 is 9.84 Å². The highest BCUT2D eigenvalue weighted by Crippen LogP contribution is 2.26. The molecule has 0 spiro atoms. The molecular formula is C13H19FO2. The lowest BCUT2D eigenvalue weighted by molar-refractivity contribution is 0.186. The highest BCUT2D eigenvalue weighted by molar-refractivity contribution is 5.35. The van der Waals surface area contributed by atoms with Crippen LogP contribution in [0.1, 0.15) is 38.9 Å². The summed E-state index contributed by atoms with van der Waals surface area (Å²) < 4.78 is 18.6. The summed E-state index contributed by atoms with van der Waals surface area (Å²) in [4.78, 5) is 0. The average molecular weight is 226 g/mol. The second-order valence-electron chi connectivity index (χ2n) is 4.18. The van der Waals surface area contributed by atoms with Gasteiger partial charge in [-0.3, -0.25) is 0 Å². The predicted octanol–water partition coefficient (Wildman–Crippen LogP) is 3.30. The molecule has 1 N–H and O–H groups in total. The van der Waals surface area contributed by atoms with Gasteiger partial charge in [-0.25, -0.2) is 4.39 Å². The quantitative estimate of drug-likeness (QED) is 0.834. The second kappa shape index (κ2) is 5.85. The molecule has 3 heteroatoms. The molecule has 0 heterocycles. The third-order valence-corrected chi connectivity index (χ3v) is 2.65. The summed E-state index contributed by atoms with van der Waals surface area (Å²) in [6.07, 6.45) is 0.367. The predicted molar refractivity (Wildman–Crippen MR) is 62.0 cm³/mol. The van der Waals surface area contributed by atoms with E-state index >= 15 is 0 Å². The topological polar surface area (TPSA) is 29.5 Å². The number of hydrogen-bond acceptors (Lipinski definition) is 2. The van der Waals surface area contributed by atoms with Crippen LogP contribution in [0.15, 0.2) is 18.2 Å². The number of aliphatic hydroxyl groups excluding tert-OH is 1. The van der Waals surface area contributed by atoms with Crippen molar-refractivity contribution >= 4 is 0 Å². The van der Waals surface area contributed by atoms with E-state index in [0.717, 1.165) is 6.42 Å². The second-order valence-corrected chi connectivity index (χ2v) is 4.18. The Labute approximate surface area is 96.1 Å². The number of hydrogen-bond donors (Lipinski definition) is 1. The lowest BCUT2D eigenvalue weighted by Crippen LogP contribution is -2.09. The van der Waals surface area contributed by atoms with E-state index in [2.05, 4.69) is 13.8 Å². The van der Waals surface area contributed by atoms with Gasteiger partial charge in [-0.15, -0.1) is 0 Å². The van der Waals surface area contributed by atoms with Crippen LogP contribution in [0.2, 0.25) is 0 Å². The van der Waals surface area contributed by atoms with Crippen LogP contribution in [0.25, 0.3) is 0 Å². The summed E-state index contributed by atoms with van der Waals surface area (Å²) in [5.74, 6) is 0.518. The molecule has 2 nitrogen and oxygen atoms in total. The third kappa shape index (κ3) is 3.49. The first-order valence-corrected chi connectivity index (χ1v) is 5.64. The molecule has 1 aromatic carbocycles. The molecule has 0 amide bonds. The van der Waals surface area contributed by atoms with Gasteiger partial charge in [0, 0.05) is 11.6 Å². The van der Waals surface area contributed by atoms with Gasteiger partial charge in [0.2, 0.25) is 0 Å². The van der Waals surface area contributed by atoms with E-state index in [1.54, 1.807) is 13.0 Å². The summed E-state index contributed by atoms with van der Waals surface area (Å²) in [7, 11) is 0. The SMILES string of the molecule is CCC(C)COc1cc(F)ccc1[C@@H](C)O. The fourth-order valence-corrected chi connectivity index (χ4v) is 1.33.